The summed E-state index contributed by atoms with van der Waals surface area (Å²) in [6.07, 6.45) is 6.65. The van der Waals surface area contributed by atoms with E-state index < -0.39 is 5.92 Å². The highest BCUT2D eigenvalue weighted by atomic mass is 19.3. The van der Waals surface area contributed by atoms with Gasteiger partial charge in [-0.25, -0.2) is 13.8 Å². The summed E-state index contributed by atoms with van der Waals surface area (Å²) < 4.78 is 33.3. The van der Waals surface area contributed by atoms with E-state index in [1.807, 2.05) is 36.5 Å². The van der Waals surface area contributed by atoms with Crippen LogP contribution in [0.2, 0.25) is 0 Å². The van der Waals surface area contributed by atoms with Gasteiger partial charge in [0.15, 0.2) is 5.76 Å². The second kappa shape index (κ2) is 10.3. The second-order valence-corrected chi connectivity index (χ2v) is 9.54. The Bertz CT molecular complexity index is 1420. The molecule has 37 heavy (non-hydrogen) atoms. The van der Waals surface area contributed by atoms with Crippen molar-refractivity contribution in [2.75, 3.05) is 0 Å². The zero-order valence-electron chi connectivity index (χ0n) is 20.8. The lowest BCUT2D eigenvalue weighted by Crippen LogP contribution is -2.48. The van der Waals surface area contributed by atoms with E-state index in [9.17, 15) is 13.6 Å². The van der Waals surface area contributed by atoms with Gasteiger partial charge in [0.2, 0.25) is 0 Å². The van der Waals surface area contributed by atoms with Crippen LogP contribution in [0.15, 0.2) is 70.4 Å². The van der Waals surface area contributed by atoms with Crippen LogP contribution in [0, 0.1) is 0 Å². The quantitative estimate of drug-likeness (QED) is 0.306. The van der Waals surface area contributed by atoms with Crippen LogP contribution in [0.4, 0.5) is 8.78 Å². The van der Waals surface area contributed by atoms with Gasteiger partial charge in [-0.15, -0.1) is 0 Å². The molecule has 0 bridgehead atoms. The summed E-state index contributed by atoms with van der Waals surface area (Å²) >= 11 is 0. The number of hydrogen-bond acceptors (Lipinski definition) is 6. The molecule has 9 heteroatoms. The molecule has 0 atom stereocenters. The van der Waals surface area contributed by atoms with Crippen molar-refractivity contribution < 1.29 is 13.3 Å². The van der Waals surface area contributed by atoms with Crippen molar-refractivity contribution in [1.29, 1.82) is 0 Å². The molecule has 7 nitrogen and oxygen atoms in total. The van der Waals surface area contributed by atoms with Crippen LogP contribution in [-0.4, -0.2) is 31.7 Å². The zero-order chi connectivity index (χ0) is 26.0. The molecule has 192 valence electrons. The van der Waals surface area contributed by atoms with Crippen molar-refractivity contribution in [2.45, 2.75) is 64.1 Å². The third kappa shape index (κ3) is 5.51. The van der Waals surface area contributed by atoms with E-state index in [1.165, 1.54) is 0 Å². The Morgan fingerprint density at radius 2 is 1.73 bits per heavy atom. The van der Waals surface area contributed by atoms with Gasteiger partial charge in [-0.2, -0.15) is 0 Å². The fourth-order valence-corrected chi connectivity index (χ4v) is 4.64. The van der Waals surface area contributed by atoms with Gasteiger partial charge in [0.05, 0.1) is 18.1 Å². The first kappa shape index (κ1) is 25.0. The molecule has 0 amide bonds. The molecule has 1 aliphatic rings. The molecule has 1 fully saturated rings. The predicted octanol–water partition coefficient (Wildman–Crippen LogP) is 5.88. The van der Waals surface area contributed by atoms with Crippen molar-refractivity contribution in [3.63, 3.8) is 0 Å². The molecular formula is C28H29F2N5O2. The molecule has 0 radical (unpaired) electrons. The SMILES string of the molecule is CCC(CC)n1cc(-c2cncc(-c3cc(-c4ccc(CNC5CC(F)(F)C5)cc4)no3)n2)ccc1=O. The van der Waals surface area contributed by atoms with Crippen molar-refractivity contribution in [3.8, 4) is 34.0 Å². The van der Waals surface area contributed by atoms with Crippen LogP contribution in [0.25, 0.3) is 34.0 Å². The number of halogens is 2. The molecule has 0 saturated heterocycles. The maximum absolute atomic E-state index is 13.0. The first-order chi connectivity index (χ1) is 17.8. The van der Waals surface area contributed by atoms with E-state index in [-0.39, 0.29) is 30.5 Å². The number of aromatic nitrogens is 4. The van der Waals surface area contributed by atoms with Crippen molar-refractivity contribution in [2.24, 2.45) is 0 Å². The maximum atomic E-state index is 13.0. The van der Waals surface area contributed by atoms with Crippen molar-refractivity contribution >= 4 is 0 Å². The van der Waals surface area contributed by atoms with Crippen molar-refractivity contribution in [3.05, 3.63) is 77.0 Å². The van der Waals surface area contributed by atoms with Crippen LogP contribution < -0.4 is 10.9 Å². The number of benzene rings is 1. The van der Waals surface area contributed by atoms with Gasteiger partial charge in [-0.3, -0.25) is 9.78 Å². The third-order valence-electron chi connectivity index (χ3n) is 6.90. The average Bonchev–Trinajstić information content (AvgIpc) is 3.39. The van der Waals surface area contributed by atoms with E-state index in [0.717, 1.165) is 29.5 Å². The molecule has 4 aromatic rings. The summed E-state index contributed by atoms with van der Waals surface area (Å²) in [5.74, 6) is -2.04. The number of alkyl halides is 2. The number of nitrogens with zero attached hydrogens (tertiary/aromatic N) is 4. The summed E-state index contributed by atoms with van der Waals surface area (Å²) in [4.78, 5) is 21.4. The lowest BCUT2D eigenvalue weighted by Gasteiger charge is -2.35. The molecule has 1 aromatic carbocycles. The summed E-state index contributed by atoms with van der Waals surface area (Å²) in [6, 6.07) is 12.9. The van der Waals surface area contributed by atoms with E-state index in [0.29, 0.717) is 29.4 Å². The molecule has 1 aliphatic carbocycles. The summed E-state index contributed by atoms with van der Waals surface area (Å²) in [6.45, 7) is 4.68. The first-order valence-electron chi connectivity index (χ1n) is 12.6. The number of hydrogen-bond donors (Lipinski definition) is 1. The minimum absolute atomic E-state index is 0.0344. The highest BCUT2D eigenvalue weighted by Crippen LogP contribution is 2.37. The van der Waals surface area contributed by atoms with Gasteiger partial charge in [0.1, 0.15) is 11.4 Å². The highest BCUT2D eigenvalue weighted by Gasteiger charge is 2.44. The molecule has 1 saturated carbocycles. The van der Waals surface area contributed by atoms with Crippen LogP contribution in [0.5, 0.6) is 0 Å². The molecule has 1 N–H and O–H groups in total. The van der Waals surface area contributed by atoms with Crippen LogP contribution in [0.1, 0.15) is 51.1 Å². The van der Waals surface area contributed by atoms with Gasteiger partial charge >= 0.3 is 0 Å². The average molecular weight is 506 g/mol. The molecule has 3 aromatic heterocycles. The Kier molecular flexibility index (Phi) is 6.97. The number of nitrogens with one attached hydrogen (secondary N) is 1. The van der Waals surface area contributed by atoms with Gasteiger partial charge in [0, 0.05) is 60.9 Å². The highest BCUT2D eigenvalue weighted by molar-refractivity contribution is 5.66. The summed E-state index contributed by atoms with van der Waals surface area (Å²) in [5.41, 5.74) is 4.48. The van der Waals surface area contributed by atoms with Crippen LogP contribution in [-0.2, 0) is 6.54 Å². The lowest BCUT2D eigenvalue weighted by atomic mass is 9.88. The molecule has 0 unspecified atom stereocenters. The number of rotatable bonds is 9. The normalized spacial score (nSPS) is 15.2. The van der Waals surface area contributed by atoms with Gasteiger partial charge < -0.3 is 14.4 Å². The lowest BCUT2D eigenvalue weighted by molar-refractivity contribution is -0.0930. The van der Waals surface area contributed by atoms with Crippen LogP contribution in [0.3, 0.4) is 0 Å². The minimum atomic E-state index is -2.52. The second-order valence-electron chi connectivity index (χ2n) is 9.54. The Morgan fingerprint density at radius 3 is 2.43 bits per heavy atom. The van der Waals surface area contributed by atoms with Crippen LogP contribution >= 0.6 is 0 Å². The zero-order valence-corrected chi connectivity index (χ0v) is 20.8. The fourth-order valence-electron chi connectivity index (χ4n) is 4.64. The van der Waals surface area contributed by atoms with E-state index in [2.05, 4.69) is 29.3 Å². The molecule has 5 rings (SSSR count). The summed E-state index contributed by atoms with van der Waals surface area (Å²) in [7, 11) is 0. The molecule has 0 aliphatic heterocycles. The van der Waals surface area contributed by atoms with Gasteiger partial charge in [-0.05, 0) is 24.5 Å². The largest absolute Gasteiger partial charge is 0.354 e. The fraction of sp³-hybridized carbons (Fsp3) is 0.357. The Hall–Kier alpha value is -3.72. The topological polar surface area (TPSA) is 85.8 Å². The monoisotopic (exact) mass is 505 g/mol. The predicted molar refractivity (Wildman–Crippen MR) is 137 cm³/mol. The molecule has 0 spiro atoms. The maximum Gasteiger partial charge on any atom is 0.251 e. The summed E-state index contributed by atoms with van der Waals surface area (Å²) in [5, 5.41) is 7.36. The Balaban J connectivity index is 1.30. The Labute approximate surface area is 213 Å². The minimum Gasteiger partial charge on any atom is -0.354 e. The smallest absolute Gasteiger partial charge is 0.251 e. The van der Waals surface area contributed by atoms with Gasteiger partial charge in [0.25, 0.3) is 11.5 Å². The van der Waals surface area contributed by atoms with Gasteiger partial charge in [-0.1, -0.05) is 43.3 Å². The first-order valence-corrected chi connectivity index (χ1v) is 12.6. The van der Waals surface area contributed by atoms with Crippen molar-refractivity contribution in [1.82, 2.24) is 25.0 Å². The van der Waals surface area contributed by atoms with E-state index in [4.69, 9.17) is 9.51 Å². The third-order valence-corrected chi connectivity index (χ3v) is 6.90. The van der Waals surface area contributed by atoms with E-state index >= 15 is 0 Å². The number of pyridine rings is 1. The van der Waals surface area contributed by atoms with E-state index in [1.54, 1.807) is 29.1 Å². The standard InChI is InChI=1S/C28H29F2N5O2/c1-3-22(4-2)35-17-20(9-10-27(35)36)24-15-31-16-25(33-24)26-11-23(34-37-26)19-7-5-18(6-8-19)14-32-21-12-28(29,30)13-21/h5-11,15-17,21-22,32H,3-4,12-14H2,1-2H3. The Morgan fingerprint density at radius 1 is 1.03 bits per heavy atom. The molecular weight excluding hydrogens is 476 g/mol. The molecule has 3 heterocycles.